The fourth-order valence-corrected chi connectivity index (χ4v) is 4.30. The van der Waals surface area contributed by atoms with Crippen molar-refractivity contribution in [1.29, 1.82) is 0 Å². The summed E-state index contributed by atoms with van der Waals surface area (Å²) in [6.45, 7) is 7.97. The van der Waals surface area contributed by atoms with E-state index in [0.717, 1.165) is 34.6 Å². The van der Waals surface area contributed by atoms with Crippen LogP contribution < -0.4 is 10.1 Å². The third kappa shape index (κ3) is 6.60. The molecule has 0 radical (unpaired) electrons. The molecule has 0 spiro atoms. The lowest BCUT2D eigenvalue weighted by Crippen LogP contribution is -2.30. The molecule has 0 aliphatic carbocycles. The number of aromatic nitrogens is 3. The molecule has 1 amide bonds. The number of carbonyl (C=O) groups is 1. The molecule has 0 aliphatic rings. The quantitative estimate of drug-likeness (QED) is 0.432. The molecule has 2 aromatic heterocycles. The Labute approximate surface area is 186 Å². The zero-order valence-corrected chi connectivity index (χ0v) is 19.2. The molecule has 3 aromatic rings. The average Bonchev–Trinajstić information content (AvgIpc) is 3.39. The van der Waals surface area contributed by atoms with Crippen LogP contribution in [0, 0.1) is 5.92 Å². The number of hydrogen-bond donors (Lipinski definition) is 1. The summed E-state index contributed by atoms with van der Waals surface area (Å²) in [4.78, 5) is 13.7. The van der Waals surface area contributed by atoms with Gasteiger partial charge < -0.3 is 14.6 Å². The molecule has 6 nitrogen and oxygen atoms in total. The van der Waals surface area contributed by atoms with Gasteiger partial charge >= 0.3 is 0 Å². The second-order valence-corrected chi connectivity index (χ2v) is 9.73. The number of thioether (sulfide) groups is 1. The van der Waals surface area contributed by atoms with E-state index in [1.165, 1.54) is 11.8 Å². The molecule has 1 atom stereocenters. The van der Waals surface area contributed by atoms with Gasteiger partial charge in [-0.25, -0.2) is 0 Å². The highest BCUT2D eigenvalue weighted by Crippen LogP contribution is 2.24. The molecule has 2 heterocycles. The van der Waals surface area contributed by atoms with Crippen molar-refractivity contribution < 1.29 is 9.53 Å². The summed E-state index contributed by atoms with van der Waals surface area (Å²) >= 11 is 3.07. The van der Waals surface area contributed by atoms with Gasteiger partial charge in [-0.2, -0.15) is 0 Å². The van der Waals surface area contributed by atoms with Crippen LogP contribution in [-0.2, 0) is 24.5 Å². The van der Waals surface area contributed by atoms with Gasteiger partial charge in [0.1, 0.15) is 12.4 Å². The van der Waals surface area contributed by atoms with Crippen LogP contribution >= 0.6 is 23.1 Å². The number of hydrogen-bond acceptors (Lipinski definition) is 6. The largest absolute Gasteiger partial charge is 0.486 e. The Balaban J connectivity index is 1.64. The molecule has 0 bridgehead atoms. The lowest BCUT2D eigenvalue weighted by atomic mass is 10.1. The standard InChI is InChI=1S/C22H28N4O2S2/c1-16(2)11-12-26-20(15-28-18-8-5-4-6-9-18)24-25-22(26)30-17(3)21(27)23-14-19-10-7-13-29-19/h4-10,13,16-17H,11-12,14-15H2,1-3H3,(H,23,27). The van der Waals surface area contributed by atoms with Gasteiger partial charge in [0.25, 0.3) is 0 Å². The summed E-state index contributed by atoms with van der Waals surface area (Å²) in [6, 6.07) is 13.7. The maximum absolute atomic E-state index is 12.5. The van der Waals surface area contributed by atoms with Crippen LogP contribution in [0.5, 0.6) is 5.75 Å². The topological polar surface area (TPSA) is 69.0 Å². The van der Waals surface area contributed by atoms with Crippen molar-refractivity contribution in [3.8, 4) is 5.75 Å². The monoisotopic (exact) mass is 444 g/mol. The summed E-state index contributed by atoms with van der Waals surface area (Å²) in [5.41, 5.74) is 0. The minimum Gasteiger partial charge on any atom is -0.486 e. The molecule has 160 valence electrons. The van der Waals surface area contributed by atoms with Gasteiger partial charge in [-0.15, -0.1) is 21.5 Å². The van der Waals surface area contributed by atoms with E-state index in [9.17, 15) is 4.79 Å². The van der Waals surface area contributed by atoms with E-state index in [2.05, 4.69) is 33.9 Å². The Morgan fingerprint density at radius 2 is 1.97 bits per heavy atom. The summed E-state index contributed by atoms with van der Waals surface area (Å²) in [7, 11) is 0. The third-order valence-electron chi connectivity index (χ3n) is 4.50. The van der Waals surface area contributed by atoms with Gasteiger partial charge in [0.2, 0.25) is 5.91 Å². The Bertz CT molecular complexity index is 911. The lowest BCUT2D eigenvalue weighted by molar-refractivity contribution is -0.120. The number of ether oxygens (including phenoxy) is 1. The Morgan fingerprint density at radius 3 is 2.67 bits per heavy atom. The van der Waals surface area contributed by atoms with Crippen molar-refractivity contribution >= 4 is 29.0 Å². The smallest absolute Gasteiger partial charge is 0.233 e. The fraction of sp³-hybridized carbons (Fsp3) is 0.409. The molecule has 0 fully saturated rings. The SMILES string of the molecule is CC(C)CCn1c(COc2ccccc2)nnc1SC(C)C(=O)NCc1cccs1. The minimum absolute atomic E-state index is 0.00565. The summed E-state index contributed by atoms with van der Waals surface area (Å²) in [5.74, 6) is 2.12. The van der Waals surface area contributed by atoms with E-state index in [1.807, 2.05) is 54.8 Å². The van der Waals surface area contributed by atoms with Crippen LogP contribution in [0.3, 0.4) is 0 Å². The van der Waals surface area contributed by atoms with Gasteiger partial charge in [-0.05, 0) is 42.8 Å². The Morgan fingerprint density at radius 1 is 1.17 bits per heavy atom. The number of nitrogens with one attached hydrogen (secondary N) is 1. The number of nitrogens with zero attached hydrogens (tertiary/aromatic N) is 3. The third-order valence-corrected chi connectivity index (χ3v) is 6.46. The van der Waals surface area contributed by atoms with Gasteiger partial charge in [-0.3, -0.25) is 4.79 Å². The molecule has 1 N–H and O–H groups in total. The maximum atomic E-state index is 12.5. The highest BCUT2D eigenvalue weighted by atomic mass is 32.2. The van der Waals surface area contributed by atoms with Crippen LogP contribution in [0.25, 0.3) is 0 Å². The van der Waals surface area contributed by atoms with E-state index in [4.69, 9.17) is 4.74 Å². The lowest BCUT2D eigenvalue weighted by Gasteiger charge is -2.15. The second kappa shape index (κ2) is 11.2. The molecule has 3 rings (SSSR count). The number of thiophene rings is 1. The van der Waals surface area contributed by atoms with E-state index in [1.54, 1.807) is 11.3 Å². The van der Waals surface area contributed by atoms with Gasteiger partial charge in [0.15, 0.2) is 11.0 Å². The van der Waals surface area contributed by atoms with E-state index in [-0.39, 0.29) is 11.2 Å². The van der Waals surface area contributed by atoms with Crippen molar-refractivity contribution in [3.05, 3.63) is 58.5 Å². The average molecular weight is 445 g/mol. The number of para-hydroxylation sites is 1. The van der Waals surface area contributed by atoms with Crippen molar-refractivity contribution in [2.45, 2.75) is 57.3 Å². The van der Waals surface area contributed by atoms with Gasteiger partial charge in [0.05, 0.1) is 11.8 Å². The Kier molecular flexibility index (Phi) is 8.33. The number of amides is 1. The van der Waals surface area contributed by atoms with Crippen molar-refractivity contribution in [2.24, 2.45) is 5.92 Å². The van der Waals surface area contributed by atoms with E-state index < -0.39 is 0 Å². The first-order chi connectivity index (χ1) is 14.5. The van der Waals surface area contributed by atoms with Crippen LogP contribution in [0.15, 0.2) is 53.0 Å². The fourth-order valence-electron chi connectivity index (χ4n) is 2.73. The van der Waals surface area contributed by atoms with Gasteiger partial charge in [0, 0.05) is 11.4 Å². The zero-order chi connectivity index (χ0) is 21.3. The maximum Gasteiger partial charge on any atom is 0.233 e. The Hall–Kier alpha value is -2.32. The summed E-state index contributed by atoms with van der Waals surface area (Å²) < 4.78 is 7.95. The minimum atomic E-state index is -0.269. The van der Waals surface area contributed by atoms with Crippen LogP contribution in [-0.4, -0.2) is 25.9 Å². The van der Waals surface area contributed by atoms with Gasteiger partial charge in [-0.1, -0.05) is 49.9 Å². The highest BCUT2D eigenvalue weighted by Gasteiger charge is 2.20. The van der Waals surface area contributed by atoms with Crippen molar-refractivity contribution in [2.75, 3.05) is 0 Å². The first-order valence-corrected chi connectivity index (χ1v) is 11.9. The van der Waals surface area contributed by atoms with Crippen LogP contribution in [0.4, 0.5) is 0 Å². The summed E-state index contributed by atoms with van der Waals surface area (Å²) in [5, 5.41) is 14.2. The molecule has 0 aliphatic heterocycles. The van der Waals surface area contributed by atoms with E-state index in [0.29, 0.717) is 19.1 Å². The normalized spacial score (nSPS) is 12.1. The van der Waals surface area contributed by atoms with E-state index >= 15 is 0 Å². The highest BCUT2D eigenvalue weighted by molar-refractivity contribution is 8.00. The molecular weight excluding hydrogens is 416 g/mol. The number of rotatable bonds is 11. The summed E-state index contributed by atoms with van der Waals surface area (Å²) in [6.07, 6.45) is 1.00. The van der Waals surface area contributed by atoms with Crippen LogP contribution in [0.1, 0.15) is 37.9 Å². The first kappa shape index (κ1) is 22.4. The predicted octanol–water partition coefficient (Wildman–Crippen LogP) is 4.76. The van der Waals surface area contributed by atoms with Crippen molar-refractivity contribution in [3.63, 3.8) is 0 Å². The van der Waals surface area contributed by atoms with Crippen LogP contribution in [0.2, 0.25) is 0 Å². The van der Waals surface area contributed by atoms with Crippen molar-refractivity contribution in [1.82, 2.24) is 20.1 Å². The zero-order valence-electron chi connectivity index (χ0n) is 17.6. The molecule has 30 heavy (non-hydrogen) atoms. The molecule has 0 saturated heterocycles. The molecule has 8 heteroatoms. The number of benzene rings is 1. The second-order valence-electron chi connectivity index (χ2n) is 7.39. The molecular formula is C22H28N4O2S2. The molecule has 1 unspecified atom stereocenters. The predicted molar refractivity (Wildman–Crippen MR) is 122 cm³/mol. The molecule has 0 saturated carbocycles. The first-order valence-electron chi connectivity index (χ1n) is 10.1. The number of carbonyl (C=O) groups excluding carboxylic acids is 1. The molecule has 1 aromatic carbocycles.